The number of rotatable bonds is 9. The van der Waals surface area contributed by atoms with E-state index in [1.165, 1.54) is 60.8 Å². The van der Waals surface area contributed by atoms with Crippen molar-refractivity contribution in [3.8, 4) is 61.3 Å². The van der Waals surface area contributed by atoms with Gasteiger partial charge in [-0.2, -0.15) is 0 Å². The van der Waals surface area contributed by atoms with E-state index in [0.717, 1.165) is 61.4 Å². The molecule has 0 radical (unpaired) electrons. The molecule has 0 atom stereocenters. The highest BCUT2D eigenvalue weighted by Crippen LogP contribution is 2.42. The fourth-order valence-corrected chi connectivity index (χ4v) is 10.3. The summed E-state index contributed by atoms with van der Waals surface area (Å²) in [6, 6.07) is 96.0. The Morgan fingerprint density at radius 1 is 0.275 bits per heavy atom. The first-order valence-corrected chi connectivity index (χ1v) is 23.6. The molecule has 0 fully saturated rings. The molecule has 2 aromatic heterocycles. The highest BCUT2D eigenvalue weighted by atomic mass is 16.3. The largest absolute Gasteiger partial charge is 0.456 e. The number of benzene rings is 11. The maximum absolute atomic E-state index is 6.32. The van der Waals surface area contributed by atoms with E-state index in [1.807, 2.05) is 12.1 Å². The van der Waals surface area contributed by atoms with Gasteiger partial charge in [-0.3, -0.25) is 0 Å². The van der Waals surface area contributed by atoms with Gasteiger partial charge in [-0.1, -0.05) is 188 Å². The molecule has 0 saturated heterocycles. The van der Waals surface area contributed by atoms with Crippen LogP contribution in [0.5, 0.6) is 0 Å². The van der Waals surface area contributed by atoms with Crippen molar-refractivity contribution < 1.29 is 4.42 Å². The first kappa shape index (κ1) is 40.1. The second-order valence-electron chi connectivity index (χ2n) is 17.7. The molecule has 13 rings (SSSR count). The third kappa shape index (κ3) is 7.25. The van der Waals surface area contributed by atoms with Crippen LogP contribution in [-0.4, -0.2) is 4.57 Å². The number of para-hydroxylation sites is 3. The molecule has 0 aliphatic heterocycles. The minimum atomic E-state index is 0.888. The Hall–Kier alpha value is -9.18. The van der Waals surface area contributed by atoms with Crippen molar-refractivity contribution in [3.63, 3.8) is 0 Å². The first-order valence-electron chi connectivity index (χ1n) is 23.6. The second kappa shape index (κ2) is 16.9. The van der Waals surface area contributed by atoms with Gasteiger partial charge in [-0.15, -0.1) is 0 Å². The van der Waals surface area contributed by atoms with Crippen LogP contribution in [0.15, 0.2) is 271 Å². The van der Waals surface area contributed by atoms with Crippen molar-refractivity contribution in [2.45, 2.75) is 0 Å². The van der Waals surface area contributed by atoms with E-state index in [0.29, 0.717) is 0 Å². The van der Waals surface area contributed by atoms with Crippen LogP contribution >= 0.6 is 0 Å². The summed E-state index contributed by atoms with van der Waals surface area (Å²) in [7, 11) is 0. The number of aromatic nitrogens is 1. The third-order valence-corrected chi connectivity index (χ3v) is 13.6. The van der Waals surface area contributed by atoms with Crippen LogP contribution in [-0.2, 0) is 0 Å². The quantitative estimate of drug-likeness (QED) is 0.144. The number of nitrogens with zero attached hydrogens (tertiary/aromatic N) is 2. The Balaban J connectivity index is 0.847. The minimum absolute atomic E-state index is 0.888. The van der Waals surface area contributed by atoms with Gasteiger partial charge in [-0.25, -0.2) is 0 Å². The lowest BCUT2D eigenvalue weighted by molar-refractivity contribution is 0.669. The Morgan fingerprint density at radius 2 is 0.725 bits per heavy atom. The predicted molar refractivity (Wildman–Crippen MR) is 290 cm³/mol. The van der Waals surface area contributed by atoms with Crippen molar-refractivity contribution in [1.82, 2.24) is 4.57 Å². The molecule has 2 heterocycles. The lowest BCUT2D eigenvalue weighted by atomic mass is 9.98. The summed E-state index contributed by atoms with van der Waals surface area (Å²) in [5.41, 5.74) is 20.3. The number of hydrogen-bond donors (Lipinski definition) is 0. The smallest absolute Gasteiger partial charge is 0.136 e. The van der Waals surface area contributed by atoms with Crippen molar-refractivity contribution in [2.75, 3.05) is 4.90 Å². The van der Waals surface area contributed by atoms with Gasteiger partial charge >= 0.3 is 0 Å². The molecular formula is C66H44N2O. The lowest BCUT2D eigenvalue weighted by Crippen LogP contribution is -2.10. The Labute approximate surface area is 401 Å². The van der Waals surface area contributed by atoms with Crippen LogP contribution in [0.2, 0.25) is 0 Å². The third-order valence-electron chi connectivity index (χ3n) is 13.6. The molecule has 0 N–H and O–H groups in total. The molecule has 0 amide bonds. The average molecular weight is 881 g/mol. The topological polar surface area (TPSA) is 21.3 Å². The summed E-state index contributed by atoms with van der Waals surface area (Å²) in [5, 5.41) is 4.78. The summed E-state index contributed by atoms with van der Waals surface area (Å²) >= 11 is 0. The van der Waals surface area contributed by atoms with Crippen LogP contribution in [0, 0.1) is 0 Å². The summed E-state index contributed by atoms with van der Waals surface area (Å²) in [5.74, 6) is 0. The Kier molecular flexibility index (Phi) is 9.84. The van der Waals surface area contributed by atoms with E-state index in [4.69, 9.17) is 4.42 Å². The normalized spacial score (nSPS) is 11.5. The monoisotopic (exact) mass is 880 g/mol. The van der Waals surface area contributed by atoms with Crippen molar-refractivity contribution in [2.24, 2.45) is 0 Å². The zero-order valence-electron chi connectivity index (χ0n) is 37.7. The van der Waals surface area contributed by atoms with Gasteiger partial charge in [0.15, 0.2) is 0 Å². The zero-order valence-corrected chi connectivity index (χ0v) is 37.7. The van der Waals surface area contributed by atoms with Crippen LogP contribution in [0.25, 0.3) is 105 Å². The van der Waals surface area contributed by atoms with Crippen molar-refractivity contribution in [3.05, 3.63) is 267 Å². The lowest BCUT2D eigenvalue weighted by Gasteiger charge is -2.26. The van der Waals surface area contributed by atoms with Crippen LogP contribution < -0.4 is 4.90 Å². The van der Waals surface area contributed by atoms with Crippen LogP contribution in [0.3, 0.4) is 0 Å². The summed E-state index contributed by atoms with van der Waals surface area (Å²) in [4.78, 5) is 2.36. The predicted octanol–water partition coefficient (Wildman–Crippen LogP) is 18.5. The number of hydrogen-bond acceptors (Lipinski definition) is 2. The highest BCUT2D eigenvalue weighted by Gasteiger charge is 2.18. The fraction of sp³-hybridized carbons (Fsp3) is 0. The second-order valence-corrected chi connectivity index (χ2v) is 17.7. The Bertz CT molecular complexity index is 3940. The molecule has 0 aliphatic carbocycles. The summed E-state index contributed by atoms with van der Waals surface area (Å²) in [6.45, 7) is 0. The molecule has 0 saturated carbocycles. The van der Waals surface area contributed by atoms with E-state index in [-0.39, 0.29) is 0 Å². The van der Waals surface area contributed by atoms with Crippen LogP contribution in [0.1, 0.15) is 0 Å². The van der Waals surface area contributed by atoms with Gasteiger partial charge in [0.2, 0.25) is 0 Å². The molecular weight excluding hydrogens is 837 g/mol. The standard InChI is InChI=1S/C66H44N2O/c1-2-14-45(15-3-1)50-16-10-17-51(42-50)49-36-40-55(41-37-49)67(56-20-12-19-53(44-56)58-25-13-29-65-66(58)61-24-6-9-28-64(61)69-65)54-38-34-47(35-39-54)46-30-32-48(33-31-46)52-18-11-21-57(43-52)68-62-26-7-4-22-59(62)60-23-5-8-27-63(60)68/h1-44H. The van der Waals surface area contributed by atoms with E-state index in [1.54, 1.807) is 0 Å². The average Bonchev–Trinajstić information content (AvgIpc) is 3.98. The Morgan fingerprint density at radius 3 is 1.38 bits per heavy atom. The summed E-state index contributed by atoms with van der Waals surface area (Å²) < 4.78 is 8.70. The molecule has 69 heavy (non-hydrogen) atoms. The van der Waals surface area contributed by atoms with E-state index >= 15 is 0 Å². The van der Waals surface area contributed by atoms with Crippen molar-refractivity contribution in [1.29, 1.82) is 0 Å². The molecule has 0 unspecified atom stereocenters. The molecule has 3 nitrogen and oxygen atoms in total. The van der Waals surface area contributed by atoms with Crippen LogP contribution in [0.4, 0.5) is 17.1 Å². The van der Waals surface area contributed by atoms with E-state index < -0.39 is 0 Å². The van der Waals surface area contributed by atoms with Gasteiger partial charge in [0.25, 0.3) is 0 Å². The van der Waals surface area contributed by atoms with E-state index in [9.17, 15) is 0 Å². The molecule has 324 valence electrons. The molecule has 0 spiro atoms. The number of furan rings is 1. The van der Waals surface area contributed by atoms with E-state index in [2.05, 4.69) is 264 Å². The van der Waals surface area contributed by atoms with Gasteiger partial charge < -0.3 is 13.9 Å². The van der Waals surface area contributed by atoms with Gasteiger partial charge in [0, 0.05) is 44.3 Å². The first-order chi connectivity index (χ1) is 34.2. The minimum Gasteiger partial charge on any atom is -0.456 e. The molecule has 0 aliphatic rings. The molecule has 0 bridgehead atoms. The summed E-state index contributed by atoms with van der Waals surface area (Å²) in [6.07, 6.45) is 0. The SMILES string of the molecule is c1ccc(-c2cccc(-c3ccc(N(c4ccc(-c5ccc(-c6cccc(-n7c8ccccc8c8ccccc87)c6)cc5)cc4)c4cccc(-c5cccc6oc7ccccc7c56)c4)cc3)c2)cc1. The maximum atomic E-state index is 6.32. The zero-order chi connectivity index (χ0) is 45.7. The molecule has 13 aromatic rings. The van der Waals surface area contributed by atoms with Gasteiger partial charge in [0.05, 0.1) is 11.0 Å². The number of anilines is 3. The maximum Gasteiger partial charge on any atom is 0.136 e. The highest BCUT2D eigenvalue weighted by molar-refractivity contribution is 6.13. The number of fused-ring (bicyclic) bond motifs is 6. The molecule has 11 aromatic carbocycles. The fourth-order valence-electron chi connectivity index (χ4n) is 10.3. The molecule has 3 heteroatoms. The van der Waals surface area contributed by atoms with Gasteiger partial charge in [-0.05, 0) is 134 Å². The van der Waals surface area contributed by atoms with Crippen molar-refractivity contribution >= 4 is 60.8 Å². The van der Waals surface area contributed by atoms with Gasteiger partial charge in [0.1, 0.15) is 11.2 Å².